The van der Waals surface area contributed by atoms with Crippen molar-refractivity contribution in [1.29, 1.82) is 0 Å². The molecule has 2 heterocycles. The summed E-state index contributed by atoms with van der Waals surface area (Å²) in [4.78, 5) is 30.6. The van der Waals surface area contributed by atoms with E-state index in [1.807, 2.05) is 23.1 Å². The second kappa shape index (κ2) is 6.15. The molecule has 1 atom stereocenters. The van der Waals surface area contributed by atoms with Gasteiger partial charge in [-0.15, -0.1) is 0 Å². The van der Waals surface area contributed by atoms with Crippen LogP contribution >= 0.6 is 0 Å². The molecule has 1 aliphatic heterocycles. The van der Waals surface area contributed by atoms with E-state index in [-0.39, 0.29) is 17.5 Å². The van der Waals surface area contributed by atoms with Crippen LogP contribution in [-0.4, -0.2) is 47.4 Å². The van der Waals surface area contributed by atoms with Gasteiger partial charge in [0.15, 0.2) is 0 Å². The molecule has 0 saturated carbocycles. The van der Waals surface area contributed by atoms with Crippen LogP contribution in [0.15, 0.2) is 53.3 Å². The number of pyridine rings is 1. The molecule has 0 bridgehead atoms. The summed E-state index contributed by atoms with van der Waals surface area (Å²) in [5.41, 5.74) is 1.30. The molecule has 0 unspecified atom stereocenters. The summed E-state index contributed by atoms with van der Waals surface area (Å²) in [6, 6.07) is 15.0. The minimum absolute atomic E-state index is 0.119. The van der Waals surface area contributed by atoms with Gasteiger partial charge in [-0.25, -0.2) is 0 Å². The minimum atomic E-state index is -0.250. The number of H-pyrrole nitrogens is 1. The third kappa shape index (κ3) is 2.94. The van der Waals surface area contributed by atoms with Gasteiger partial charge in [-0.2, -0.15) is 0 Å². The van der Waals surface area contributed by atoms with E-state index in [1.54, 1.807) is 12.1 Å². The van der Waals surface area contributed by atoms with Gasteiger partial charge in [0.1, 0.15) is 5.69 Å². The van der Waals surface area contributed by atoms with Crippen LogP contribution in [0, 0.1) is 0 Å². The van der Waals surface area contributed by atoms with Gasteiger partial charge in [0, 0.05) is 25.7 Å². The van der Waals surface area contributed by atoms with Crippen molar-refractivity contribution in [2.75, 3.05) is 26.7 Å². The van der Waals surface area contributed by atoms with Gasteiger partial charge in [-0.3, -0.25) is 14.5 Å². The lowest BCUT2D eigenvalue weighted by Gasteiger charge is -2.39. The molecule has 22 heavy (non-hydrogen) atoms. The first kappa shape index (κ1) is 14.5. The first-order valence-electron chi connectivity index (χ1n) is 7.39. The fourth-order valence-electron chi connectivity index (χ4n) is 2.84. The molecule has 2 aromatic rings. The molecule has 1 aromatic carbocycles. The van der Waals surface area contributed by atoms with Gasteiger partial charge < -0.3 is 9.88 Å². The van der Waals surface area contributed by atoms with Crippen LogP contribution in [0.25, 0.3) is 0 Å². The van der Waals surface area contributed by atoms with Crippen molar-refractivity contribution >= 4 is 5.91 Å². The number of piperazine rings is 1. The van der Waals surface area contributed by atoms with E-state index in [1.165, 1.54) is 11.6 Å². The summed E-state index contributed by atoms with van der Waals surface area (Å²) < 4.78 is 0. The predicted octanol–water partition coefficient (Wildman–Crippen LogP) is 1.50. The fourth-order valence-corrected chi connectivity index (χ4v) is 2.84. The average molecular weight is 297 g/mol. The highest BCUT2D eigenvalue weighted by Gasteiger charge is 2.29. The third-order valence-electron chi connectivity index (χ3n) is 4.12. The number of hydrogen-bond acceptors (Lipinski definition) is 3. The van der Waals surface area contributed by atoms with Crippen molar-refractivity contribution < 1.29 is 4.79 Å². The summed E-state index contributed by atoms with van der Waals surface area (Å²) >= 11 is 0. The molecular formula is C17H19N3O2. The Hall–Kier alpha value is -2.40. The molecule has 3 rings (SSSR count). The van der Waals surface area contributed by atoms with Crippen LogP contribution in [0.4, 0.5) is 0 Å². The second-order valence-corrected chi connectivity index (χ2v) is 5.59. The number of aromatic nitrogens is 1. The van der Waals surface area contributed by atoms with Crippen molar-refractivity contribution in [3.05, 3.63) is 70.1 Å². The molecule has 114 valence electrons. The van der Waals surface area contributed by atoms with Crippen molar-refractivity contribution in [3.8, 4) is 0 Å². The number of carbonyl (C=O) groups is 1. The first-order valence-corrected chi connectivity index (χ1v) is 7.39. The van der Waals surface area contributed by atoms with Gasteiger partial charge in [0.25, 0.3) is 5.91 Å². The van der Waals surface area contributed by atoms with E-state index >= 15 is 0 Å². The zero-order valence-corrected chi connectivity index (χ0v) is 12.5. The van der Waals surface area contributed by atoms with Crippen LogP contribution in [0.3, 0.4) is 0 Å². The monoisotopic (exact) mass is 297 g/mol. The zero-order valence-electron chi connectivity index (χ0n) is 12.5. The highest BCUT2D eigenvalue weighted by molar-refractivity contribution is 5.92. The van der Waals surface area contributed by atoms with Crippen LogP contribution in [0.1, 0.15) is 22.1 Å². The lowest BCUT2D eigenvalue weighted by atomic mass is 10.0. The molecule has 1 saturated heterocycles. The summed E-state index contributed by atoms with van der Waals surface area (Å²) in [5, 5.41) is 0. The van der Waals surface area contributed by atoms with Gasteiger partial charge >= 0.3 is 0 Å². The Morgan fingerprint density at radius 2 is 1.86 bits per heavy atom. The number of carbonyl (C=O) groups excluding carboxylic acids is 1. The fraction of sp³-hybridized carbons (Fsp3) is 0.294. The molecule has 1 aliphatic rings. The smallest absolute Gasteiger partial charge is 0.270 e. The lowest BCUT2D eigenvalue weighted by molar-refractivity contribution is 0.0540. The SMILES string of the molecule is CN1CCN(C(=O)c2cccc(=O)[nH]2)C[C@H]1c1ccccc1. The van der Waals surface area contributed by atoms with Crippen molar-refractivity contribution in [2.45, 2.75) is 6.04 Å². The van der Waals surface area contributed by atoms with Crippen LogP contribution in [0.5, 0.6) is 0 Å². The summed E-state index contributed by atoms with van der Waals surface area (Å²) in [7, 11) is 2.07. The molecule has 1 fully saturated rings. The van der Waals surface area contributed by atoms with Crippen molar-refractivity contribution in [3.63, 3.8) is 0 Å². The average Bonchev–Trinajstić information content (AvgIpc) is 2.55. The van der Waals surface area contributed by atoms with Crippen molar-refractivity contribution in [2.24, 2.45) is 0 Å². The molecule has 1 aromatic heterocycles. The first-order chi connectivity index (χ1) is 10.6. The largest absolute Gasteiger partial charge is 0.334 e. The molecular weight excluding hydrogens is 278 g/mol. The van der Waals surface area contributed by atoms with E-state index in [0.717, 1.165) is 6.54 Å². The number of rotatable bonds is 2. The Labute approximate surface area is 129 Å². The number of nitrogens with zero attached hydrogens (tertiary/aromatic N) is 2. The van der Waals surface area contributed by atoms with Gasteiger partial charge in [0.2, 0.25) is 5.56 Å². The summed E-state index contributed by atoms with van der Waals surface area (Å²) in [6.45, 7) is 2.09. The van der Waals surface area contributed by atoms with E-state index < -0.39 is 0 Å². The minimum Gasteiger partial charge on any atom is -0.334 e. The van der Waals surface area contributed by atoms with Gasteiger partial charge in [0.05, 0.1) is 6.04 Å². The summed E-state index contributed by atoms with van der Waals surface area (Å²) in [5.74, 6) is -0.119. The standard InChI is InChI=1S/C17H19N3O2/c1-19-10-11-20(12-15(19)13-6-3-2-4-7-13)17(22)14-8-5-9-16(21)18-14/h2-9,15H,10-12H2,1H3,(H,18,21)/t15-/m0/s1. The molecule has 0 aliphatic carbocycles. The molecule has 1 N–H and O–H groups in total. The van der Waals surface area contributed by atoms with E-state index in [4.69, 9.17) is 0 Å². The summed E-state index contributed by atoms with van der Waals surface area (Å²) in [6.07, 6.45) is 0. The normalized spacial score (nSPS) is 19.1. The van der Waals surface area contributed by atoms with E-state index in [0.29, 0.717) is 18.8 Å². The zero-order chi connectivity index (χ0) is 15.5. The second-order valence-electron chi connectivity index (χ2n) is 5.59. The van der Waals surface area contributed by atoms with Crippen molar-refractivity contribution in [1.82, 2.24) is 14.8 Å². The number of nitrogens with one attached hydrogen (secondary N) is 1. The molecule has 0 spiro atoms. The van der Waals surface area contributed by atoms with E-state index in [9.17, 15) is 9.59 Å². The maximum Gasteiger partial charge on any atom is 0.270 e. The predicted molar refractivity (Wildman–Crippen MR) is 84.8 cm³/mol. The third-order valence-corrected chi connectivity index (χ3v) is 4.12. The highest BCUT2D eigenvalue weighted by Crippen LogP contribution is 2.24. The number of aromatic amines is 1. The van der Waals surface area contributed by atoms with Crippen LogP contribution in [-0.2, 0) is 0 Å². The Kier molecular flexibility index (Phi) is 4.06. The Morgan fingerprint density at radius 3 is 2.59 bits per heavy atom. The molecule has 1 amide bonds. The van der Waals surface area contributed by atoms with Crippen LogP contribution < -0.4 is 5.56 Å². The Morgan fingerprint density at radius 1 is 1.09 bits per heavy atom. The van der Waals surface area contributed by atoms with E-state index in [2.05, 4.69) is 29.1 Å². The maximum atomic E-state index is 12.6. The molecule has 0 radical (unpaired) electrons. The number of hydrogen-bond donors (Lipinski definition) is 1. The highest BCUT2D eigenvalue weighted by atomic mass is 16.2. The Balaban J connectivity index is 1.81. The number of benzene rings is 1. The maximum absolute atomic E-state index is 12.6. The molecule has 5 heteroatoms. The van der Waals surface area contributed by atoms with Gasteiger partial charge in [-0.1, -0.05) is 36.4 Å². The molecule has 5 nitrogen and oxygen atoms in total. The van der Waals surface area contributed by atoms with Gasteiger partial charge in [-0.05, 0) is 18.7 Å². The quantitative estimate of drug-likeness (QED) is 0.914. The lowest BCUT2D eigenvalue weighted by Crippen LogP contribution is -2.49. The topological polar surface area (TPSA) is 56.4 Å². The number of likely N-dealkylation sites (N-methyl/N-ethyl adjacent to an activating group) is 1. The number of amides is 1. The van der Waals surface area contributed by atoms with Crippen LogP contribution in [0.2, 0.25) is 0 Å². The Bertz CT molecular complexity index is 711.